The molecule has 0 aromatic heterocycles. The quantitative estimate of drug-likeness (QED) is 0.251. The maximum absolute atomic E-state index is 14.5. The molecule has 242 valence electrons. The summed E-state index contributed by atoms with van der Waals surface area (Å²) in [6.07, 6.45) is 3.66. The molecule has 0 radical (unpaired) electrons. The number of hydrogen-bond donors (Lipinski definition) is 2. The zero-order valence-corrected chi connectivity index (χ0v) is 29.0. The van der Waals surface area contributed by atoms with E-state index in [2.05, 4.69) is 39.8 Å². The van der Waals surface area contributed by atoms with Gasteiger partial charge in [-0.15, -0.1) is 0 Å². The molecule has 0 unspecified atom stereocenters. The number of anilines is 1. The van der Waals surface area contributed by atoms with Crippen LogP contribution in [0.5, 0.6) is 5.75 Å². The Bertz CT molecular complexity index is 1690. The van der Waals surface area contributed by atoms with Gasteiger partial charge in [-0.2, -0.15) is 0 Å². The van der Waals surface area contributed by atoms with Crippen molar-refractivity contribution in [2.75, 3.05) is 31.1 Å². The maximum Gasteiger partial charge on any atom is 0.252 e. The van der Waals surface area contributed by atoms with Crippen LogP contribution in [-0.2, 0) is 11.3 Å². The van der Waals surface area contributed by atoms with Crippen molar-refractivity contribution in [3.05, 3.63) is 96.4 Å². The fourth-order valence-electron chi connectivity index (χ4n) is 7.02. The first-order valence-corrected chi connectivity index (χ1v) is 17.6. The molecule has 3 atom stereocenters. The van der Waals surface area contributed by atoms with Crippen molar-refractivity contribution in [3.63, 3.8) is 0 Å². The van der Waals surface area contributed by atoms with Crippen molar-refractivity contribution in [2.24, 2.45) is 0 Å². The first-order chi connectivity index (χ1) is 22.2. The van der Waals surface area contributed by atoms with Crippen LogP contribution in [-0.4, -0.2) is 61.2 Å². The Kier molecular flexibility index (Phi) is 9.23. The van der Waals surface area contributed by atoms with Crippen LogP contribution in [0.2, 0.25) is 20.1 Å². The lowest BCUT2D eigenvalue weighted by Crippen LogP contribution is -2.60. The average molecular weight is 701 g/mol. The highest BCUT2D eigenvalue weighted by molar-refractivity contribution is 6.42. The third kappa shape index (κ3) is 6.37. The van der Waals surface area contributed by atoms with Crippen LogP contribution in [0.4, 0.5) is 5.69 Å². The van der Waals surface area contributed by atoms with Gasteiger partial charge < -0.3 is 25.2 Å². The molecule has 1 saturated carbocycles. The molecule has 6 nitrogen and oxygen atoms in total. The van der Waals surface area contributed by atoms with Gasteiger partial charge in [-0.3, -0.25) is 4.79 Å². The number of piperazine rings is 1. The predicted octanol–water partition coefficient (Wildman–Crippen LogP) is 7.85. The fourth-order valence-corrected chi connectivity index (χ4v) is 8.05. The molecule has 2 bridgehead atoms. The number of carbonyl (C=O) groups excluding carboxylic acids is 1. The van der Waals surface area contributed by atoms with Crippen LogP contribution in [0.1, 0.15) is 47.9 Å². The summed E-state index contributed by atoms with van der Waals surface area (Å²) in [5, 5.41) is 9.42. The second-order valence-electron chi connectivity index (χ2n) is 13.0. The van der Waals surface area contributed by atoms with Crippen molar-refractivity contribution < 1.29 is 9.53 Å². The third-order valence-electron chi connectivity index (χ3n) is 9.84. The number of fused-ring (bicyclic) bond motifs is 2. The Hall–Kier alpha value is -2.45. The van der Waals surface area contributed by atoms with E-state index in [1.54, 1.807) is 6.07 Å². The maximum atomic E-state index is 14.5. The minimum Gasteiger partial charge on any atom is -0.485 e. The van der Waals surface area contributed by atoms with E-state index >= 15 is 0 Å². The van der Waals surface area contributed by atoms with E-state index < -0.39 is 0 Å². The molecule has 0 spiro atoms. The number of amides is 1. The largest absolute Gasteiger partial charge is 0.485 e. The van der Waals surface area contributed by atoms with Crippen molar-refractivity contribution in [1.82, 2.24) is 15.5 Å². The summed E-state index contributed by atoms with van der Waals surface area (Å²) < 4.78 is 6.35. The van der Waals surface area contributed by atoms with E-state index in [0.29, 0.717) is 32.4 Å². The van der Waals surface area contributed by atoms with Crippen molar-refractivity contribution in [1.29, 1.82) is 0 Å². The lowest BCUT2D eigenvalue weighted by Gasteiger charge is -2.41. The third-order valence-corrected chi connectivity index (χ3v) is 11.4. The minimum absolute atomic E-state index is 0.0126. The molecule has 10 heteroatoms. The lowest BCUT2D eigenvalue weighted by atomic mass is 9.83. The summed E-state index contributed by atoms with van der Waals surface area (Å²) in [6.45, 7) is 7.65. The first-order valence-electron chi connectivity index (χ1n) is 16.1. The van der Waals surface area contributed by atoms with Crippen LogP contribution in [0, 0.1) is 13.8 Å². The van der Waals surface area contributed by atoms with Crippen LogP contribution < -0.4 is 20.3 Å². The van der Waals surface area contributed by atoms with Gasteiger partial charge in [0.25, 0.3) is 5.91 Å². The molecular weight excluding hydrogens is 662 g/mol. The minimum atomic E-state index is -0.0497. The normalized spacial score (nSPS) is 22.7. The molecular formula is C36H38Cl4N4O2. The van der Waals surface area contributed by atoms with Gasteiger partial charge in [0.2, 0.25) is 0 Å². The van der Waals surface area contributed by atoms with Crippen LogP contribution >= 0.6 is 46.4 Å². The van der Waals surface area contributed by atoms with Gasteiger partial charge in [0, 0.05) is 55.9 Å². The second kappa shape index (κ2) is 13.2. The van der Waals surface area contributed by atoms with Gasteiger partial charge in [-0.25, -0.2) is 0 Å². The Balaban J connectivity index is 1.13. The monoisotopic (exact) mass is 698 g/mol. The van der Waals surface area contributed by atoms with E-state index in [4.69, 9.17) is 51.1 Å². The number of halogens is 4. The summed E-state index contributed by atoms with van der Waals surface area (Å²) in [7, 11) is 0. The highest BCUT2D eigenvalue weighted by atomic mass is 35.5. The summed E-state index contributed by atoms with van der Waals surface area (Å²) >= 11 is 26.0. The number of ether oxygens (including phenoxy) is 1. The Morgan fingerprint density at radius 1 is 0.978 bits per heavy atom. The van der Waals surface area contributed by atoms with Gasteiger partial charge in [0.1, 0.15) is 6.10 Å². The Labute approximate surface area is 291 Å². The average Bonchev–Trinajstić information content (AvgIpc) is 3.79. The van der Waals surface area contributed by atoms with E-state index in [9.17, 15) is 4.79 Å². The zero-order chi connectivity index (χ0) is 32.1. The number of hydrogen-bond acceptors (Lipinski definition) is 5. The topological polar surface area (TPSA) is 56.8 Å². The van der Waals surface area contributed by atoms with Gasteiger partial charge in [-0.1, -0.05) is 70.7 Å². The molecule has 2 N–H and O–H groups in total. The SMILES string of the molecule is Cc1cc(Cl)c(O[C@H]2CCN(c3ccc(C4=C(C(=O)N(Cc5cccc(Cl)c5Cl)C5CC5)[C@@H]5CNC[C@H](C4)N5)cc3)C2)c(Cl)c1C. The van der Waals surface area contributed by atoms with E-state index in [1.165, 1.54) is 0 Å². The Morgan fingerprint density at radius 2 is 1.76 bits per heavy atom. The van der Waals surface area contributed by atoms with Crippen LogP contribution in [0.15, 0.2) is 54.1 Å². The van der Waals surface area contributed by atoms with E-state index in [1.807, 2.05) is 36.9 Å². The molecule has 1 amide bonds. The van der Waals surface area contributed by atoms with Crippen molar-refractivity contribution >= 4 is 63.6 Å². The molecule has 1 aliphatic carbocycles. The molecule has 3 aromatic carbocycles. The second-order valence-corrected chi connectivity index (χ2v) is 14.6. The molecule has 7 rings (SSSR count). The number of rotatable bonds is 8. The number of carbonyl (C=O) groups is 1. The molecule has 46 heavy (non-hydrogen) atoms. The van der Waals surface area contributed by atoms with Gasteiger partial charge in [0.15, 0.2) is 5.75 Å². The van der Waals surface area contributed by atoms with Crippen molar-refractivity contribution in [2.45, 2.75) is 70.3 Å². The number of nitrogens with one attached hydrogen (secondary N) is 2. The summed E-state index contributed by atoms with van der Waals surface area (Å²) in [5.41, 5.74) is 7.14. The summed E-state index contributed by atoms with van der Waals surface area (Å²) in [5.74, 6) is 0.655. The Morgan fingerprint density at radius 3 is 2.52 bits per heavy atom. The zero-order valence-electron chi connectivity index (χ0n) is 26.0. The van der Waals surface area contributed by atoms with E-state index in [0.717, 1.165) is 90.9 Å². The number of aryl methyl sites for hydroxylation is 1. The van der Waals surface area contributed by atoms with Gasteiger partial charge in [0.05, 0.1) is 32.7 Å². The molecule has 3 aliphatic heterocycles. The van der Waals surface area contributed by atoms with Gasteiger partial charge >= 0.3 is 0 Å². The van der Waals surface area contributed by atoms with Crippen molar-refractivity contribution in [3.8, 4) is 5.75 Å². The standard InChI is InChI=1S/C36H38Cl4N4O2/c1-20-14-30(38)35(33(39)21(20)2)46-27-12-13-43(19-27)25-8-6-22(7-9-25)28-15-24-16-41-17-31(42-24)32(28)36(45)44(26-10-11-26)18-23-4-3-5-29(37)34(23)40/h3-9,14,24,26-27,31,41-42H,10-13,15-19H2,1-2H3/t24-,27-,31-/m0/s1. The molecule has 2 saturated heterocycles. The van der Waals surface area contributed by atoms with Crippen LogP contribution in [0.3, 0.4) is 0 Å². The highest BCUT2D eigenvalue weighted by Crippen LogP contribution is 2.40. The number of benzene rings is 3. The smallest absolute Gasteiger partial charge is 0.252 e. The van der Waals surface area contributed by atoms with Gasteiger partial charge in [-0.05, 0) is 85.2 Å². The first kappa shape index (κ1) is 32.1. The lowest BCUT2D eigenvalue weighted by molar-refractivity contribution is -0.128. The molecule has 3 heterocycles. The molecule has 3 fully saturated rings. The predicted molar refractivity (Wildman–Crippen MR) is 189 cm³/mol. The fraction of sp³-hybridized carbons (Fsp3) is 0.417. The van der Waals surface area contributed by atoms with E-state index in [-0.39, 0.29) is 30.1 Å². The molecule has 4 aliphatic rings. The summed E-state index contributed by atoms with van der Waals surface area (Å²) in [6, 6.07) is 16.7. The summed E-state index contributed by atoms with van der Waals surface area (Å²) in [4.78, 5) is 18.8. The van der Waals surface area contributed by atoms with Crippen LogP contribution in [0.25, 0.3) is 5.57 Å². The highest BCUT2D eigenvalue weighted by Gasteiger charge is 2.41. The molecule has 3 aromatic rings. The number of nitrogens with zero attached hydrogens (tertiary/aromatic N) is 2.